The fraction of sp³-hybridized carbons (Fsp3) is 0.211. The molecule has 2 N–H and O–H groups in total. The maximum atomic E-state index is 12.3. The molecule has 1 aromatic carbocycles. The molecule has 1 aliphatic rings. The summed E-state index contributed by atoms with van der Waals surface area (Å²) >= 11 is 1.25. The lowest BCUT2D eigenvalue weighted by atomic mass is 10.0. The fourth-order valence-corrected chi connectivity index (χ4v) is 4.06. The molecular formula is C19H17N3O4S. The number of thiophene rings is 1. The summed E-state index contributed by atoms with van der Waals surface area (Å²) in [4.78, 5) is 25.5. The lowest BCUT2D eigenvalue weighted by Gasteiger charge is -2.23. The second-order valence-electron chi connectivity index (χ2n) is 5.87. The second-order valence-corrected chi connectivity index (χ2v) is 6.98. The number of carbonyl (C=O) groups excluding carboxylic acids is 1. The Hall–Kier alpha value is -3.31. The molecule has 2 aromatic rings. The van der Waals surface area contributed by atoms with Crippen molar-refractivity contribution in [2.75, 3.05) is 19.0 Å². The van der Waals surface area contributed by atoms with Crippen LogP contribution in [-0.4, -0.2) is 35.7 Å². The fourth-order valence-electron chi connectivity index (χ4n) is 2.84. The minimum absolute atomic E-state index is 0.236. The number of carboxylic acid groups (broad SMARTS) is 1. The Balaban J connectivity index is 1.75. The van der Waals surface area contributed by atoms with Crippen LogP contribution >= 0.6 is 11.3 Å². The van der Waals surface area contributed by atoms with Crippen molar-refractivity contribution < 1.29 is 19.4 Å². The van der Waals surface area contributed by atoms with E-state index < -0.39 is 6.09 Å². The van der Waals surface area contributed by atoms with E-state index >= 15 is 0 Å². The van der Waals surface area contributed by atoms with Crippen molar-refractivity contribution in [3.05, 3.63) is 51.9 Å². The normalized spacial score (nSPS) is 13.1. The lowest BCUT2D eigenvalue weighted by molar-refractivity contribution is -0.111. The van der Waals surface area contributed by atoms with Gasteiger partial charge >= 0.3 is 6.09 Å². The number of rotatable bonds is 4. The summed E-state index contributed by atoms with van der Waals surface area (Å²) in [6.45, 7) is 0.580. The molecule has 138 valence electrons. The first-order valence-electron chi connectivity index (χ1n) is 8.17. The lowest BCUT2D eigenvalue weighted by Crippen LogP contribution is -2.34. The summed E-state index contributed by atoms with van der Waals surface area (Å²) in [5.41, 5.74) is 2.06. The molecule has 0 atom stereocenters. The van der Waals surface area contributed by atoms with Crippen molar-refractivity contribution in [2.24, 2.45) is 0 Å². The Morgan fingerprint density at radius 2 is 2.26 bits per heavy atom. The molecule has 8 heteroatoms. The number of methoxy groups -OCH3 is 1. The number of anilines is 1. The average molecular weight is 383 g/mol. The number of amides is 2. The Labute approximate surface area is 160 Å². The van der Waals surface area contributed by atoms with Gasteiger partial charge in [0.2, 0.25) is 5.91 Å². The summed E-state index contributed by atoms with van der Waals surface area (Å²) in [6.07, 6.45) is 2.53. The third-order valence-corrected chi connectivity index (χ3v) is 5.33. The van der Waals surface area contributed by atoms with Gasteiger partial charge in [0, 0.05) is 17.5 Å². The zero-order valence-electron chi connectivity index (χ0n) is 14.6. The molecule has 0 spiro atoms. The SMILES string of the molecule is COc1cccc(C=CC(=O)Nc2sc3c(c2C#N)CCN(C(=O)O)C3)c1. The maximum Gasteiger partial charge on any atom is 0.407 e. The molecule has 2 amide bonds. The quantitative estimate of drug-likeness (QED) is 0.789. The number of nitriles is 1. The maximum absolute atomic E-state index is 12.3. The van der Waals surface area contributed by atoms with Gasteiger partial charge in [-0.15, -0.1) is 11.3 Å². The summed E-state index contributed by atoms with van der Waals surface area (Å²) in [5.74, 6) is 0.334. The van der Waals surface area contributed by atoms with Gasteiger partial charge in [-0.1, -0.05) is 12.1 Å². The number of fused-ring (bicyclic) bond motifs is 1. The first-order valence-corrected chi connectivity index (χ1v) is 8.99. The largest absolute Gasteiger partial charge is 0.497 e. The van der Waals surface area contributed by atoms with Gasteiger partial charge in [-0.05, 0) is 35.8 Å². The predicted molar refractivity (Wildman–Crippen MR) is 102 cm³/mol. The standard InChI is InChI=1S/C19H17N3O4S/c1-26-13-4-2-3-12(9-13)5-6-17(23)21-18-15(10-20)14-7-8-22(19(24)25)11-16(14)27-18/h2-6,9H,7-8,11H2,1H3,(H,21,23)(H,24,25). The van der Waals surface area contributed by atoms with Crippen LogP contribution in [0.15, 0.2) is 30.3 Å². The van der Waals surface area contributed by atoms with Crippen LogP contribution in [0.1, 0.15) is 21.6 Å². The van der Waals surface area contributed by atoms with Crippen molar-refractivity contribution >= 4 is 34.4 Å². The highest BCUT2D eigenvalue weighted by molar-refractivity contribution is 7.16. The van der Waals surface area contributed by atoms with Gasteiger partial charge in [0.15, 0.2) is 0 Å². The molecule has 0 fully saturated rings. The molecule has 2 heterocycles. The van der Waals surface area contributed by atoms with Gasteiger partial charge in [-0.25, -0.2) is 4.79 Å². The molecule has 0 unspecified atom stereocenters. The van der Waals surface area contributed by atoms with E-state index in [0.29, 0.717) is 29.3 Å². The van der Waals surface area contributed by atoms with Crippen molar-refractivity contribution in [3.63, 3.8) is 0 Å². The average Bonchev–Trinajstić information content (AvgIpc) is 3.02. The monoisotopic (exact) mass is 383 g/mol. The minimum Gasteiger partial charge on any atom is -0.497 e. The topological polar surface area (TPSA) is 103 Å². The first-order chi connectivity index (χ1) is 13.0. The van der Waals surface area contributed by atoms with Gasteiger partial charge in [0.05, 0.1) is 19.2 Å². The molecule has 0 aliphatic carbocycles. The number of nitrogens with zero attached hydrogens (tertiary/aromatic N) is 2. The van der Waals surface area contributed by atoms with E-state index in [2.05, 4.69) is 11.4 Å². The van der Waals surface area contributed by atoms with Crippen molar-refractivity contribution in [1.82, 2.24) is 4.90 Å². The van der Waals surface area contributed by atoms with Crippen LogP contribution < -0.4 is 10.1 Å². The van der Waals surface area contributed by atoms with Crippen molar-refractivity contribution in [1.29, 1.82) is 5.26 Å². The molecule has 3 rings (SSSR count). The summed E-state index contributed by atoms with van der Waals surface area (Å²) in [5, 5.41) is 21.8. The molecule has 1 aromatic heterocycles. The number of hydrogen-bond donors (Lipinski definition) is 2. The third-order valence-electron chi connectivity index (χ3n) is 4.20. The molecule has 1 aliphatic heterocycles. The number of nitrogens with one attached hydrogen (secondary N) is 1. The van der Waals surface area contributed by atoms with E-state index in [1.54, 1.807) is 19.3 Å². The summed E-state index contributed by atoms with van der Waals surface area (Å²) < 4.78 is 5.15. The molecular weight excluding hydrogens is 366 g/mol. The number of benzene rings is 1. The third kappa shape index (κ3) is 4.10. The van der Waals surface area contributed by atoms with E-state index in [9.17, 15) is 14.9 Å². The van der Waals surface area contributed by atoms with Gasteiger partial charge in [-0.3, -0.25) is 4.79 Å². The van der Waals surface area contributed by atoms with Gasteiger partial charge < -0.3 is 20.1 Å². The summed E-state index contributed by atoms with van der Waals surface area (Å²) in [6, 6.07) is 9.41. The van der Waals surface area contributed by atoms with Crippen molar-refractivity contribution in [3.8, 4) is 11.8 Å². The number of ether oxygens (including phenoxy) is 1. The second kappa shape index (κ2) is 7.93. The Morgan fingerprint density at radius 1 is 1.44 bits per heavy atom. The van der Waals surface area contributed by atoms with Crippen LogP contribution in [0.5, 0.6) is 5.75 Å². The molecule has 0 saturated heterocycles. The molecule has 0 bridgehead atoms. The van der Waals surface area contributed by atoms with Crippen LogP contribution in [0.2, 0.25) is 0 Å². The smallest absolute Gasteiger partial charge is 0.407 e. The first kappa shape index (κ1) is 18.5. The van der Waals surface area contributed by atoms with E-state index in [4.69, 9.17) is 9.84 Å². The minimum atomic E-state index is -0.987. The molecule has 27 heavy (non-hydrogen) atoms. The van der Waals surface area contributed by atoms with Gasteiger partial charge in [0.1, 0.15) is 16.8 Å². The van der Waals surface area contributed by atoms with Crippen LogP contribution in [0.3, 0.4) is 0 Å². The zero-order valence-corrected chi connectivity index (χ0v) is 15.4. The number of hydrogen-bond acceptors (Lipinski definition) is 5. The molecule has 7 nitrogen and oxygen atoms in total. The van der Waals surface area contributed by atoms with E-state index in [1.165, 1.54) is 22.3 Å². The van der Waals surface area contributed by atoms with E-state index in [-0.39, 0.29) is 12.5 Å². The highest BCUT2D eigenvalue weighted by atomic mass is 32.1. The van der Waals surface area contributed by atoms with Crippen LogP contribution in [0.4, 0.5) is 9.80 Å². The highest BCUT2D eigenvalue weighted by Crippen LogP contribution is 2.36. The van der Waals surface area contributed by atoms with Crippen LogP contribution in [0.25, 0.3) is 6.08 Å². The Morgan fingerprint density at radius 3 is 2.96 bits per heavy atom. The zero-order chi connectivity index (χ0) is 19.4. The van der Waals surface area contributed by atoms with E-state index in [1.807, 2.05) is 18.2 Å². The van der Waals surface area contributed by atoms with Crippen LogP contribution in [0, 0.1) is 11.3 Å². The Bertz CT molecular complexity index is 958. The molecule has 0 radical (unpaired) electrons. The Kier molecular flexibility index (Phi) is 5.43. The van der Waals surface area contributed by atoms with E-state index in [0.717, 1.165) is 16.0 Å². The van der Waals surface area contributed by atoms with Gasteiger partial charge in [-0.2, -0.15) is 5.26 Å². The summed E-state index contributed by atoms with van der Waals surface area (Å²) in [7, 11) is 1.57. The predicted octanol–water partition coefficient (Wildman–Crippen LogP) is 3.32. The molecule has 0 saturated carbocycles. The van der Waals surface area contributed by atoms with Crippen LogP contribution in [-0.2, 0) is 17.8 Å². The highest BCUT2D eigenvalue weighted by Gasteiger charge is 2.27. The van der Waals surface area contributed by atoms with Crippen molar-refractivity contribution in [2.45, 2.75) is 13.0 Å². The number of carbonyl (C=O) groups is 2. The van der Waals surface area contributed by atoms with Gasteiger partial charge in [0.25, 0.3) is 0 Å².